The van der Waals surface area contributed by atoms with Crippen LogP contribution >= 0.6 is 0 Å². The van der Waals surface area contributed by atoms with Crippen molar-refractivity contribution in [1.29, 1.82) is 5.41 Å². The summed E-state index contributed by atoms with van der Waals surface area (Å²) in [6, 6.07) is 16.0. The Hall–Kier alpha value is -2.99. The zero-order valence-corrected chi connectivity index (χ0v) is 16.9. The second kappa shape index (κ2) is 10.5. The second-order valence-electron chi connectivity index (χ2n) is 7.33. The molecule has 0 saturated carbocycles. The molecule has 29 heavy (non-hydrogen) atoms. The van der Waals surface area contributed by atoms with E-state index in [1.807, 2.05) is 56.3 Å². The summed E-state index contributed by atoms with van der Waals surface area (Å²) in [6.07, 6.45) is 1.20. The number of nitrogens with two attached hydrogens (primary N) is 1. The van der Waals surface area contributed by atoms with E-state index in [9.17, 15) is 14.7 Å². The van der Waals surface area contributed by atoms with Gasteiger partial charge in [0.05, 0.1) is 6.54 Å². The van der Waals surface area contributed by atoms with Crippen molar-refractivity contribution in [3.63, 3.8) is 0 Å². The van der Waals surface area contributed by atoms with Crippen molar-refractivity contribution in [1.82, 2.24) is 5.32 Å². The number of aliphatic carboxylic acids is 1. The van der Waals surface area contributed by atoms with E-state index < -0.39 is 17.9 Å². The molecule has 5 N–H and O–H groups in total. The van der Waals surface area contributed by atoms with Gasteiger partial charge in [-0.25, -0.2) is 0 Å². The van der Waals surface area contributed by atoms with Crippen molar-refractivity contribution in [3.05, 3.63) is 71.3 Å². The first-order valence-corrected chi connectivity index (χ1v) is 9.80. The van der Waals surface area contributed by atoms with Crippen molar-refractivity contribution in [2.75, 3.05) is 6.54 Å². The van der Waals surface area contributed by atoms with Crippen LogP contribution in [0.5, 0.6) is 0 Å². The molecule has 0 fully saturated rings. The van der Waals surface area contributed by atoms with Gasteiger partial charge in [0, 0.05) is 11.5 Å². The van der Waals surface area contributed by atoms with Crippen molar-refractivity contribution in [3.8, 4) is 0 Å². The fourth-order valence-electron chi connectivity index (χ4n) is 3.26. The molecule has 2 aromatic carbocycles. The van der Waals surface area contributed by atoms with Crippen LogP contribution in [-0.4, -0.2) is 35.3 Å². The number of benzene rings is 2. The molecule has 0 heterocycles. The molecule has 3 atom stereocenters. The van der Waals surface area contributed by atoms with Gasteiger partial charge in [-0.3, -0.25) is 20.3 Å². The predicted octanol–water partition coefficient (Wildman–Crippen LogP) is 2.95. The number of nitrogens with one attached hydrogen (secondary N) is 2. The fourth-order valence-corrected chi connectivity index (χ4v) is 3.26. The number of rotatable bonds is 11. The van der Waals surface area contributed by atoms with Crippen LogP contribution in [0, 0.1) is 11.3 Å². The number of carboxylic acids is 1. The maximum atomic E-state index is 13.1. The highest BCUT2D eigenvalue weighted by Gasteiger charge is 2.26. The molecule has 6 nitrogen and oxygen atoms in total. The maximum Gasteiger partial charge on any atom is 0.320 e. The standard InChI is InChI=1S/C23H29N3O3/c1-3-15(2)21(23(28)29)26-14-20(27)19(17-7-5-4-6-8-17)13-16-9-11-18(12-10-16)22(24)25/h4-12,15,19,21,26H,3,13-14H2,1-2H3,(H3,24,25)(H,28,29)/t15?,19-,21?/m0/s1. The lowest BCUT2D eigenvalue weighted by Gasteiger charge is -2.22. The molecular formula is C23H29N3O3. The van der Waals surface area contributed by atoms with E-state index in [2.05, 4.69) is 5.32 Å². The zero-order valence-electron chi connectivity index (χ0n) is 16.9. The van der Waals surface area contributed by atoms with E-state index in [0.717, 1.165) is 11.1 Å². The van der Waals surface area contributed by atoms with E-state index in [-0.39, 0.29) is 24.1 Å². The summed E-state index contributed by atoms with van der Waals surface area (Å²) in [6.45, 7) is 3.79. The number of hydrogen-bond donors (Lipinski definition) is 4. The fraction of sp³-hybridized carbons (Fsp3) is 0.348. The number of nitrogen functional groups attached to an aromatic ring is 1. The molecule has 0 saturated heterocycles. The highest BCUT2D eigenvalue weighted by atomic mass is 16.4. The molecule has 2 aromatic rings. The summed E-state index contributed by atoms with van der Waals surface area (Å²) >= 11 is 0. The van der Waals surface area contributed by atoms with E-state index >= 15 is 0 Å². The maximum absolute atomic E-state index is 13.1. The summed E-state index contributed by atoms with van der Waals surface area (Å²) in [5.74, 6) is -1.46. The molecule has 0 amide bonds. The van der Waals surface area contributed by atoms with Crippen molar-refractivity contribution in [2.45, 2.75) is 38.6 Å². The normalized spacial score (nSPS) is 14.0. The molecule has 0 spiro atoms. The zero-order chi connectivity index (χ0) is 21.4. The molecule has 0 bridgehead atoms. The van der Waals surface area contributed by atoms with E-state index in [4.69, 9.17) is 11.1 Å². The quantitative estimate of drug-likeness (QED) is 0.345. The Labute approximate surface area is 171 Å². The first-order chi connectivity index (χ1) is 13.8. The van der Waals surface area contributed by atoms with Gasteiger partial charge in [0.1, 0.15) is 11.9 Å². The number of carbonyl (C=O) groups is 2. The molecule has 0 aliphatic rings. The van der Waals surface area contributed by atoms with Crippen LogP contribution in [-0.2, 0) is 16.0 Å². The van der Waals surface area contributed by atoms with Crippen LogP contribution in [0.2, 0.25) is 0 Å². The van der Waals surface area contributed by atoms with Gasteiger partial charge >= 0.3 is 5.97 Å². The molecule has 0 aromatic heterocycles. The molecule has 2 unspecified atom stereocenters. The van der Waals surface area contributed by atoms with Gasteiger partial charge in [-0.2, -0.15) is 0 Å². The van der Waals surface area contributed by atoms with Crippen LogP contribution in [0.15, 0.2) is 54.6 Å². The van der Waals surface area contributed by atoms with Crippen molar-refractivity contribution < 1.29 is 14.7 Å². The van der Waals surface area contributed by atoms with Crippen LogP contribution in [0.3, 0.4) is 0 Å². The SMILES string of the molecule is CCC(C)C(NCC(=O)[C@@H](Cc1ccc(C(=N)N)cc1)c1ccccc1)C(=O)O. The topological polar surface area (TPSA) is 116 Å². The van der Waals surface area contributed by atoms with Crippen LogP contribution in [0.4, 0.5) is 0 Å². The Morgan fingerprint density at radius 3 is 2.24 bits per heavy atom. The average Bonchev–Trinajstić information content (AvgIpc) is 2.72. The molecule has 2 rings (SSSR count). The highest BCUT2D eigenvalue weighted by Crippen LogP contribution is 2.22. The largest absolute Gasteiger partial charge is 0.480 e. The first-order valence-electron chi connectivity index (χ1n) is 9.80. The summed E-state index contributed by atoms with van der Waals surface area (Å²) in [5.41, 5.74) is 7.99. The highest BCUT2D eigenvalue weighted by molar-refractivity contribution is 5.95. The van der Waals surface area contributed by atoms with Gasteiger partial charge in [0.15, 0.2) is 5.78 Å². The molecule has 0 aliphatic carbocycles. The minimum Gasteiger partial charge on any atom is -0.480 e. The van der Waals surface area contributed by atoms with Gasteiger partial charge in [0.2, 0.25) is 0 Å². The van der Waals surface area contributed by atoms with E-state index in [1.165, 1.54) is 0 Å². The first kappa shape index (κ1) is 22.3. The lowest BCUT2D eigenvalue weighted by Crippen LogP contribution is -2.44. The van der Waals surface area contributed by atoms with E-state index in [1.54, 1.807) is 12.1 Å². The van der Waals surface area contributed by atoms with Crippen molar-refractivity contribution in [2.24, 2.45) is 11.7 Å². The van der Waals surface area contributed by atoms with Crippen LogP contribution in [0.1, 0.15) is 42.9 Å². The number of Topliss-reactive ketones (excluding diaryl/α,β-unsaturated/α-hetero) is 1. The number of amidine groups is 1. The summed E-state index contributed by atoms with van der Waals surface area (Å²) in [7, 11) is 0. The Kier molecular flexibility index (Phi) is 8.09. The molecule has 6 heteroatoms. The lowest BCUT2D eigenvalue weighted by molar-refractivity contribution is -0.140. The Morgan fingerprint density at radius 1 is 1.10 bits per heavy atom. The number of carbonyl (C=O) groups excluding carboxylic acids is 1. The molecule has 0 aliphatic heterocycles. The van der Waals surface area contributed by atoms with Gasteiger partial charge < -0.3 is 10.8 Å². The summed E-state index contributed by atoms with van der Waals surface area (Å²) in [4.78, 5) is 24.6. The third kappa shape index (κ3) is 6.26. The second-order valence-corrected chi connectivity index (χ2v) is 7.33. The molecular weight excluding hydrogens is 366 g/mol. The average molecular weight is 396 g/mol. The Bertz CT molecular complexity index is 834. The summed E-state index contributed by atoms with van der Waals surface area (Å²) in [5, 5.41) is 19.9. The molecule has 154 valence electrons. The third-order valence-electron chi connectivity index (χ3n) is 5.27. The number of carboxylic acid groups (broad SMARTS) is 1. The monoisotopic (exact) mass is 395 g/mol. The molecule has 0 radical (unpaired) electrons. The van der Waals surface area contributed by atoms with Gasteiger partial charge in [0.25, 0.3) is 0 Å². The Morgan fingerprint density at radius 2 is 1.72 bits per heavy atom. The van der Waals surface area contributed by atoms with Gasteiger partial charge in [-0.05, 0) is 23.5 Å². The minimum atomic E-state index is -0.941. The minimum absolute atomic E-state index is 0.00110. The lowest BCUT2D eigenvalue weighted by atomic mass is 9.87. The van der Waals surface area contributed by atoms with Gasteiger partial charge in [-0.1, -0.05) is 74.9 Å². The third-order valence-corrected chi connectivity index (χ3v) is 5.27. The van der Waals surface area contributed by atoms with E-state index in [0.29, 0.717) is 18.4 Å². The number of ketones is 1. The number of hydrogen-bond acceptors (Lipinski definition) is 4. The smallest absolute Gasteiger partial charge is 0.320 e. The van der Waals surface area contributed by atoms with Crippen molar-refractivity contribution >= 4 is 17.6 Å². The summed E-state index contributed by atoms with van der Waals surface area (Å²) < 4.78 is 0. The van der Waals surface area contributed by atoms with Crippen LogP contribution < -0.4 is 11.1 Å². The van der Waals surface area contributed by atoms with Gasteiger partial charge in [-0.15, -0.1) is 0 Å². The van der Waals surface area contributed by atoms with Crippen LogP contribution in [0.25, 0.3) is 0 Å². The Balaban J connectivity index is 2.18. The predicted molar refractivity (Wildman–Crippen MR) is 114 cm³/mol.